The van der Waals surface area contributed by atoms with Gasteiger partial charge in [0, 0.05) is 31.9 Å². The van der Waals surface area contributed by atoms with Crippen molar-refractivity contribution in [1.29, 1.82) is 0 Å². The minimum Gasteiger partial charge on any atom is -0.347 e. The predicted molar refractivity (Wildman–Crippen MR) is 128 cm³/mol. The van der Waals surface area contributed by atoms with Crippen LogP contribution in [0.25, 0.3) is 0 Å². The number of hydrogen-bond donors (Lipinski definition) is 2. The van der Waals surface area contributed by atoms with Gasteiger partial charge in [-0.05, 0) is 48.3 Å². The summed E-state index contributed by atoms with van der Waals surface area (Å²) >= 11 is 0. The van der Waals surface area contributed by atoms with Gasteiger partial charge in [-0.2, -0.15) is 0 Å². The number of amides is 3. The Bertz CT molecular complexity index is 1110. The minimum absolute atomic E-state index is 0.0814. The second-order valence-corrected chi connectivity index (χ2v) is 9.94. The molecule has 0 unspecified atom stereocenters. The smallest absolute Gasteiger partial charge is 0.249 e. The molecule has 8 nitrogen and oxygen atoms in total. The summed E-state index contributed by atoms with van der Waals surface area (Å²) in [4.78, 5) is 58.1. The lowest BCUT2D eigenvalue weighted by atomic mass is 9.88. The summed E-state index contributed by atoms with van der Waals surface area (Å²) in [6.07, 6.45) is 3.28. The zero-order chi connectivity index (χ0) is 24.6. The van der Waals surface area contributed by atoms with Gasteiger partial charge in [-0.1, -0.05) is 38.1 Å². The summed E-state index contributed by atoms with van der Waals surface area (Å²) in [5.41, 5.74) is 2.55. The highest BCUT2D eigenvalue weighted by Gasteiger charge is 2.49. The number of carbonyl (C=O) groups excluding carboxylic acids is 3. The molecule has 0 spiro atoms. The van der Waals surface area contributed by atoms with Crippen LogP contribution in [0.1, 0.15) is 43.0 Å². The Morgan fingerprint density at radius 3 is 2.24 bits per heavy atom. The summed E-state index contributed by atoms with van der Waals surface area (Å²) in [6, 6.07) is 8.45. The molecule has 180 valence electrons. The first-order valence-electron chi connectivity index (χ1n) is 11.8. The Morgan fingerprint density at radius 1 is 1.06 bits per heavy atom. The van der Waals surface area contributed by atoms with Crippen molar-refractivity contribution in [2.45, 2.75) is 51.2 Å². The van der Waals surface area contributed by atoms with E-state index in [2.05, 4.69) is 22.4 Å². The molecule has 0 radical (unpaired) electrons. The fourth-order valence-electron chi connectivity index (χ4n) is 5.13. The van der Waals surface area contributed by atoms with Gasteiger partial charge < -0.3 is 20.1 Å². The quantitative estimate of drug-likeness (QED) is 0.679. The number of aromatic amines is 1. The van der Waals surface area contributed by atoms with E-state index in [9.17, 15) is 19.2 Å². The molecule has 1 aliphatic heterocycles. The highest BCUT2D eigenvalue weighted by atomic mass is 16.2. The van der Waals surface area contributed by atoms with Crippen molar-refractivity contribution < 1.29 is 14.4 Å². The van der Waals surface area contributed by atoms with Crippen molar-refractivity contribution >= 4 is 17.7 Å². The Kier molecular flexibility index (Phi) is 6.59. The van der Waals surface area contributed by atoms with Gasteiger partial charge in [0.2, 0.25) is 23.3 Å². The lowest BCUT2D eigenvalue weighted by Gasteiger charge is -2.45. The van der Waals surface area contributed by atoms with Crippen molar-refractivity contribution in [3.8, 4) is 0 Å². The molecule has 1 aliphatic carbocycles. The number of hydrogen-bond acceptors (Lipinski definition) is 4. The van der Waals surface area contributed by atoms with E-state index in [0.29, 0.717) is 24.8 Å². The van der Waals surface area contributed by atoms with Gasteiger partial charge in [-0.15, -0.1) is 0 Å². The predicted octanol–water partition coefficient (Wildman–Crippen LogP) is 1.66. The van der Waals surface area contributed by atoms with Gasteiger partial charge in [-0.3, -0.25) is 19.2 Å². The maximum absolute atomic E-state index is 14.1. The molecule has 2 heterocycles. The highest BCUT2D eigenvalue weighted by Crippen LogP contribution is 2.35. The maximum Gasteiger partial charge on any atom is 0.249 e. The first-order chi connectivity index (χ1) is 16.2. The molecule has 0 saturated carbocycles. The van der Waals surface area contributed by atoms with Gasteiger partial charge in [0.15, 0.2) is 0 Å². The van der Waals surface area contributed by atoms with Crippen LogP contribution in [-0.4, -0.2) is 58.7 Å². The standard InChI is InChI=1S/C26H32N4O4/c1-15(2)11-20-24(32)28-22(19-12-16-7-5-6-8-17(16)13-19)25(33)30(20)23(26(34)29(3)4)18-9-10-21(31)27-14-18/h5-10,14-15,19-20,22-23H,11-13H2,1-4H3,(H,27,31)(H,28,32)/t20-,22-,23-/m1/s1. The van der Waals surface area contributed by atoms with Crippen molar-refractivity contribution in [2.24, 2.45) is 11.8 Å². The summed E-state index contributed by atoms with van der Waals surface area (Å²) in [7, 11) is 3.25. The number of piperazine rings is 1. The third-order valence-corrected chi connectivity index (χ3v) is 6.78. The molecule has 2 aliphatic rings. The summed E-state index contributed by atoms with van der Waals surface area (Å²) in [6.45, 7) is 3.97. The van der Waals surface area contributed by atoms with Crippen molar-refractivity contribution in [3.63, 3.8) is 0 Å². The van der Waals surface area contributed by atoms with E-state index in [1.54, 1.807) is 20.2 Å². The third kappa shape index (κ3) is 4.49. The van der Waals surface area contributed by atoms with Crippen LogP contribution in [0.15, 0.2) is 47.4 Å². The summed E-state index contributed by atoms with van der Waals surface area (Å²) in [5, 5.41) is 3.00. The number of fused-ring (bicyclic) bond motifs is 1. The number of carbonyl (C=O) groups is 3. The van der Waals surface area contributed by atoms with E-state index >= 15 is 0 Å². The van der Waals surface area contributed by atoms with E-state index in [0.717, 1.165) is 0 Å². The molecular formula is C26H32N4O4. The number of nitrogens with one attached hydrogen (secondary N) is 2. The first kappa shape index (κ1) is 23.7. The topological polar surface area (TPSA) is 103 Å². The van der Waals surface area contributed by atoms with Crippen LogP contribution in [0.2, 0.25) is 0 Å². The van der Waals surface area contributed by atoms with E-state index in [4.69, 9.17) is 0 Å². The van der Waals surface area contributed by atoms with E-state index in [1.165, 1.54) is 33.2 Å². The number of pyridine rings is 1. The van der Waals surface area contributed by atoms with Crippen LogP contribution < -0.4 is 10.9 Å². The number of aromatic nitrogens is 1. The lowest BCUT2D eigenvalue weighted by Crippen LogP contribution is -2.67. The molecule has 4 rings (SSSR count). The van der Waals surface area contributed by atoms with Crippen LogP contribution in [0.4, 0.5) is 0 Å². The second-order valence-electron chi connectivity index (χ2n) is 9.94. The van der Waals surface area contributed by atoms with Gasteiger partial charge in [0.25, 0.3) is 0 Å². The Labute approximate surface area is 199 Å². The number of nitrogens with zero attached hydrogens (tertiary/aromatic N) is 2. The van der Waals surface area contributed by atoms with Crippen molar-refractivity contribution in [1.82, 2.24) is 20.1 Å². The van der Waals surface area contributed by atoms with Gasteiger partial charge in [0.05, 0.1) is 0 Å². The monoisotopic (exact) mass is 464 g/mol. The van der Waals surface area contributed by atoms with Gasteiger partial charge in [0.1, 0.15) is 18.1 Å². The Balaban J connectivity index is 1.76. The lowest BCUT2D eigenvalue weighted by molar-refractivity contribution is -0.159. The second kappa shape index (κ2) is 9.44. The summed E-state index contributed by atoms with van der Waals surface area (Å²) < 4.78 is 0. The van der Waals surface area contributed by atoms with Crippen molar-refractivity contribution in [2.75, 3.05) is 14.1 Å². The molecule has 34 heavy (non-hydrogen) atoms. The van der Waals surface area contributed by atoms with E-state index < -0.39 is 18.1 Å². The molecule has 8 heteroatoms. The van der Waals surface area contributed by atoms with Crippen LogP contribution in [0, 0.1) is 11.8 Å². The maximum atomic E-state index is 14.1. The van der Waals surface area contributed by atoms with Crippen LogP contribution >= 0.6 is 0 Å². The zero-order valence-electron chi connectivity index (χ0n) is 20.1. The molecule has 1 fully saturated rings. The largest absolute Gasteiger partial charge is 0.347 e. The minimum atomic E-state index is -1.01. The fraction of sp³-hybridized carbons (Fsp3) is 0.462. The zero-order valence-corrected chi connectivity index (χ0v) is 20.1. The number of H-pyrrole nitrogens is 1. The molecule has 1 aromatic heterocycles. The van der Waals surface area contributed by atoms with Crippen LogP contribution in [0.5, 0.6) is 0 Å². The van der Waals surface area contributed by atoms with Gasteiger partial charge >= 0.3 is 0 Å². The van der Waals surface area contributed by atoms with Gasteiger partial charge in [-0.25, -0.2) is 0 Å². The Morgan fingerprint density at radius 2 is 1.71 bits per heavy atom. The fourth-order valence-corrected chi connectivity index (χ4v) is 5.13. The van der Waals surface area contributed by atoms with Crippen LogP contribution in [0.3, 0.4) is 0 Å². The molecule has 1 saturated heterocycles. The molecule has 1 aromatic carbocycles. The number of benzene rings is 1. The SMILES string of the molecule is CC(C)C[C@@H]1C(=O)N[C@H](C2Cc3ccccc3C2)C(=O)N1[C@@H](C(=O)N(C)C)c1ccc(=O)[nH]c1. The molecule has 3 amide bonds. The molecule has 0 bridgehead atoms. The molecular weight excluding hydrogens is 432 g/mol. The molecule has 3 atom stereocenters. The average molecular weight is 465 g/mol. The number of rotatable bonds is 6. The van der Waals surface area contributed by atoms with Crippen LogP contribution in [-0.2, 0) is 27.2 Å². The molecule has 2 aromatic rings. The average Bonchev–Trinajstić information content (AvgIpc) is 3.22. The van der Waals surface area contributed by atoms with Crippen molar-refractivity contribution in [3.05, 3.63) is 69.6 Å². The third-order valence-electron chi connectivity index (χ3n) is 6.78. The van der Waals surface area contributed by atoms with E-state index in [1.807, 2.05) is 26.0 Å². The van der Waals surface area contributed by atoms with E-state index in [-0.39, 0.29) is 35.1 Å². The normalized spacial score (nSPS) is 21.4. The first-order valence-corrected chi connectivity index (χ1v) is 11.8. The Hall–Kier alpha value is -3.42. The summed E-state index contributed by atoms with van der Waals surface area (Å²) in [5.74, 6) is -0.770. The molecule has 2 N–H and O–H groups in total. The number of likely N-dealkylation sites (N-methyl/N-ethyl adjacent to an activating group) is 1. The highest BCUT2D eigenvalue weighted by molar-refractivity contribution is 6.00.